The molecule has 0 spiro atoms. The highest BCUT2D eigenvalue weighted by molar-refractivity contribution is 5.94. The van der Waals surface area contributed by atoms with Gasteiger partial charge in [0.25, 0.3) is 5.91 Å². The van der Waals surface area contributed by atoms with Gasteiger partial charge in [0.1, 0.15) is 6.23 Å². The molecule has 7 heteroatoms. The summed E-state index contributed by atoms with van der Waals surface area (Å²) in [5.41, 5.74) is 8.78. The van der Waals surface area contributed by atoms with Gasteiger partial charge < -0.3 is 15.8 Å². The van der Waals surface area contributed by atoms with Gasteiger partial charge in [-0.1, -0.05) is 0 Å². The van der Waals surface area contributed by atoms with Crippen LogP contribution in [-0.4, -0.2) is 31.8 Å². The van der Waals surface area contributed by atoms with Crippen molar-refractivity contribution in [3.05, 3.63) is 41.2 Å². The summed E-state index contributed by atoms with van der Waals surface area (Å²) in [7, 11) is 1.61. The molecule has 0 bridgehead atoms. The van der Waals surface area contributed by atoms with E-state index in [2.05, 4.69) is 10.6 Å². The maximum Gasteiger partial charge on any atom is 0.251 e. The molecule has 2 rings (SSSR count). The first-order valence-corrected chi connectivity index (χ1v) is 8.16. The molecule has 1 aliphatic rings. The average molecular weight is 333 g/mol. The Hall–Kier alpha value is -2.09. The Bertz CT molecular complexity index is 596. The van der Waals surface area contributed by atoms with Crippen molar-refractivity contribution in [2.24, 2.45) is 11.6 Å². The molecular weight excluding hydrogens is 306 g/mol. The van der Waals surface area contributed by atoms with E-state index in [0.717, 1.165) is 18.5 Å². The number of nitrogens with one attached hydrogen (secondary N) is 2. The lowest BCUT2D eigenvalue weighted by Gasteiger charge is -2.25. The second-order valence-electron chi connectivity index (χ2n) is 5.87. The van der Waals surface area contributed by atoms with Gasteiger partial charge >= 0.3 is 0 Å². The van der Waals surface area contributed by atoms with Gasteiger partial charge in [0.2, 0.25) is 0 Å². The molecule has 0 heterocycles. The zero-order valence-corrected chi connectivity index (χ0v) is 14.5. The molecule has 1 saturated carbocycles. The predicted octanol–water partition coefficient (Wildman–Crippen LogP) is 1.03. The predicted molar refractivity (Wildman–Crippen MR) is 95.0 cm³/mol. The van der Waals surface area contributed by atoms with E-state index in [9.17, 15) is 4.79 Å². The Labute approximate surface area is 143 Å². The van der Waals surface area contributed by atoms with Crippen molar-refractivity contribution in [3.63, 3.8) is 0 Å². The fourth-order valence-corrected chi connectivity index (χ4v) is 2.31. The molecule has 1 unspecified atom stereocenters. The van der Waals surface area contributed by atoms with Crippen LogP contribution in [-0.2, 0) is 4.74 Å². The Balaban J connectivity index is 2.11. The number of hydrazine groups is 1. The number of carbonyl (C=O) groups is 1. The highest BCUT2D eigenvalue weighted by Gasteiger charge is 2.26. The van der Waals surface area contributed by atoms with E-state index in [-0.39, 0.29) is 12.1 Å². The minimum atomic E-state index is -0.363. The molecular formula is C17H27N5O2. The van der Waals surface area contributed by atoms with Crippen LogP contribution in [0.3, 0.4) is 0 Å². The molecule has 6 N–H and O–H groups in total. The largest absolute Gasteiger partial charge is 0.397 e. The van der Waals surface area contributed by atoms with Crippen LogP contribution in [0.1, 0.15) is 37.0 Å². The summed E-state index contributed by atoms with van der Waals surface area (Å²) in [6.07, 6.45) is 1.91. The molecule has 1 atom stereocenters. The van der Waals surface area contributed by atoms with Crippen LogP contribution in [0, 0.1) is 0 Å². The fraction of sp³-hybridized carbons (Fsp3) is 0.471. The van der Waals surface area contributed by atoms with E-state index in [0.29, 0.717) is 29.5 Å². The summed E-state index contributed by atoms with van der Waals surface area (Å²) in [5, 5.41) is 7.58. The number of methoxy groups -OCH3 is 1. The smallest absolute Gasteiger partial charge is 0.251 e. The van der Waals surface area contributed by atoms with E-state index in [1.165, 1.54) is 5.01 Å². The van der Waals surface area contributed by atoms with E-state index in [1.807, 2.05) is 13.8 Å². The first kappa shape index (κ1) is 18.3. The molecule has 0 radical (unpaired) electrons. The van der Waals surface area contributed by atoms with Crippen LogP contribution in [0.5, 0.6) is 0 Å². The van der Waals surface area contributed by atoms with Crippen molar-refractivity contribution in [2.75, 3.05) is 18.7 Å². The van der Waals surface area contributed by atoms with Gasteiger partial charge in [-0.3, -0.25) is 15.1 Å². The summed E-state index contributed by atoms with van der Waals surface area (Å²) >= 11 is 0. The lowest BCUT2D eigenvalue weighted by atomic mass is 10.2. The molecule has 0 aliphatic heterocycles. The quantitative estimate of drug-likeness (QED) is 0.322. The first-order valence-electron chi connectivity index (χ1n) is 8.16. The van der Waals surface area contributed by atoms with E-state index < -0.39 is 0 Å². The van der Waals surface area contributed by atoms with Gasteiger partial charge in [0.05, 0.1) is 17.1 Å². The number of ether oxygens (including phenoxy) is 1. The van der Waals surface area contributed by atoms with Crippen LogP contribution in [0.25, 0.3) is 0 Å². The fourth-order valence-electron chi connectivity index (χ4n) is 2.31. The lowest BCUT2D eigenvalue weighted by molar-refractivity contribution is 0.0955. The van der Waals surface area contributed by atoms with Crippen LogP contribution >= 0.6 is 0 Å². The molecule has 132 valence electrons. The number of amides is 1. The standard InChI is InChI=1S/C17H27N5O2/c1-4-20-16(23)12-5-9-14(10-6-12)22(19)11(2)15(18)17(24-3)21-13-7-8-13/h5-6,9-10,13,17,21H,4,7-8,18-19H2,1-3H3,(H,20,23)/b15-11-. The molecule has 0 saturated heterocycles. The SMILES string of the molecule is CCNC(=O)c1ccc(N(N)/C(C)=C(\N)C(NC2CC2)OC)cc1. The number of anilines is 1. The number of nitrogens with zero attached hydrogens (tertiary/aromatic N) is 1. The zero-order chi connectivity index (χ0) is 17.7. The maximum absolute atomic E-state index is 11.8. The van der Waals surface area contributed by atoms with E-state index in [1.54, 1.807) is 31.4 Å². The van der Waals surface area contributed by atoms with Crippen molar-refractivity contribution in [2.45, 2.75) is 39.0 Å². The average Bonchev–Trinajstić information content (AvgIpc) is 3.42. The lowest BCUT2D eigenvalue weighted by Crippen LogP contribution is -2.41. The number of hydrogen-bond donors (Lipinski definition) is 4. The molecule has 1 aliphatic carbocycles. The van der Waals surface area contributed by atoms with Crippen molar-refractivity contribution in [3.8, 4) is 0 Å². The molecule has 1 amide bonds. The van der Waals surface area contributed by atoms with E-state index >= 15 is 0 Å². The van der Waals surface area contributed by atoms with Crippen molar-refractivity contribution < 1.29 is 9.53 Å². The third-order valence-corrected chi connectivity index (χ3v) is 4.01. The number of rotatable bonds is 8. The molecule has 0 aromatic heterocycles. The number of benzene rings is 1. The maximum atomic E-state index is 11.8. The van der Waals surface area contributed by atoms with E-state index in [4.69, 9.17) is 16.3 Å². The van der Waals surface area contributed by atoms with Crippen molar-refractivity contribution in [1.29, 1.82) is 0 Å². The molecule has 1 aromatic rings. The molecule has 24 heavy (non-hydrogen) atoms. The first-order chi connectivity index (χ1) is 11.5. The molecule has 7 nitrogen and oxygen atoms in total. The number of nitrogens with two attached hydrogens (primary N) is 2. The normalized spacial score (nSPS) is 16.3. The summed E-state index contributed by atoms with van der Waals surface area (Å²) < 4.78 is 5.42. The van der Waals surface area contributed by atoms with Crippen molar-refractivity contribution in [1.82, 2.24) is 10.6 Å². The summed E-state index contributed by atoms with van der Waals surface area (Å²) in [4.78, 5) is 11.8. The topological polar surface area (TPSA) is 106 Å². The Morgan fingerprint density at radius 2 is 2.00 bits per heavy atom. The van der Waals surface area contributed by atoms with Crippen molar-refractivity contribution >= 4 is 11.6 Å². The molecule has 1 aromatic carbocycles. The number of hydrogen-bond acceptors (Lipinski definition) is 6. The number of allylic oxidation sites excluding steroid dienone is 1. The minimum absolute atomic E-state index is 0.104. The number of carbonyl (C=O) groups excluding carboxylic acids is 1. The monoisotopic (exact) mass is 333 g/mol. The Kier molecular flexibility index (Phi) is 6.19. The second-order valence-corrected chi connectivity index (χ2v) is 5.87. The van der Waals surface area contributed by atoms with Gasteiger partial charge in [-0.2, -0.15) is 0 Å². The minimum Gasteiger partial charge on any atom is -0.397 e. The van der Waals surface area contributed by atoms with Gasteiger partial charge in [-0.15, -0.1) is 0 Å². The summed E-state index contributed by atoms with van der Waals surface area (Å²) in [6, 6.07) is 7.51. The van der Waals surface area contributed by atoms with Gasteiger partial charge in [0, 0.05) is 25.3 Å². The summed E-state index contributed by atoms with van der Waals surface area (Å²) in [6.45, 7) is 4.31. The third-order valence-electron chi connectivity index (χ3n) is 4.01. The third kappa shape index (κ3) is 4.47. The summed E-state index contributed by atoms with van der Waals surface area (Å²) in [5.74, 6) is 6.07. The van der Waals surface area contributed by atoms with Crippen LogP contribution in [0.15, 0.2) is 35.7 Å². The Morgan fingerprint density at radius 3 is 2.50 bits per heavy atom. The second kappa shape index (κ2) is 8.14. The highest BCUT2D eigenvalue weighted by atomic mass is 16.5. The van der Waals surface area contributed by atoms with Gasteiger partial charge in [-0.25, -0.2) is 5.84 Å². The van der Waals surface area contributed by atoms with Gasteiger partial charge in [0.15, 0.2) is 0 Å². The molecule has 1 fully saturated rings. The van der Waals surface area contributed by atoms with Crippen LogP contribution in [0.2, 0.25) is 0 Å². The Morgan fingerprint density at radius 1 is 1.38 bits per heavy atom. The highest BCUT2D eigenvalue weighted by Crippen LogP contribution is 2.22. The van der Waals surface area contributed by atoms with Crippen LogP contribution < -0.4 is 27.2 Å². The zero-order valence-electron chi connectivity index (χ0n) is 14.5. The van der Waals surface area contributed by atoms with Gasteiger partial charge in [-0.05, 0) is 51.0 Å². The van der Waals surface area contributed by atoms with Crippen LogP contribution in [0.4, 0.5) is 5.69 Å².